The van der Waals surface area contributed by atoms with Crippen LogP contribution >= 0.6 is 0 Å². The fourth-order valence-corrected chi connectivity index (χ4v) is 3.96. The molecule has 1 unspecified atom stereocenters. The van der Waals surface area contributed by atoms with Gasteiger partial charge < -0.3 is 19.9 Å². The van der Waals surface area contributed by atoms with Gasteiger partial charge in [-0.3, -0.25) is 9.59 Å². The molecule has 0 saturated carbocycles. The van der Waals surface area contributed by atoms with E-state index < -0.39 is 0 Å². The SMILES string of the molecule is COc1ccccc1N1CC(C(=O)NCc2ccc(N3CCCC3)nc2)CC1=O. The Kier molecular flexibility index (Phi) is 5.64. The largest absolute Gasteiger partial charge is 0.495 e. The number of rotatable bonds is 6. The molecule has 7 nitrogen and oxygen atoms in total. The first-order chi connectivity index (χ1) is 14.2. The van der Waals surface area contributed by atoms with Crippen LogP contribution in [-0.2, 0) is 16.1 Å². The topological polar surface area (TPSA) is 74.8 Å². The minimum absolute atomic E-state index is 0.0636. The molecule has 0 aliphatic carbocycles. The zero-order valence-electron chi connectivity index (χ0n) is 16.6. The Morgan fingerprint density at radius 1 is 1.21 bits per heavy atom. The second-order valence-electron chi connectivity index (χ2n) is 7.51. The van der Waals surface area contributed by atoms with Gasteiger partial charge in [-0.15, -0.1) is 0 Å². The lowest BCUT2D eigenvalue weighted by Gasteiger charge is -2.19. The lowest BCUT2D eigenvalue weighted by molar-refractivity contribution is -0.126. The van der Waals surface area contributed by atoms with Gasteiger partial charge in [0, 0.05) is 38.8 Å². The van der Waals surface area contributed by atoms with Crippen LogP contribution in [0.5, 0.6) is 5.75 Å². The van der Waals surface area contributed by atoms with Crippen molar-refractivity contribution >= 4 is 23.3 Å². The number of methoxy groups -OCH3 is 1. The van der Waals surface area contributed by atoms with Crippen LogP contribution in [0.15, 0.2) is 42.6 Å². The van der Waals surface area contributed by atoms with Crippen molar-refractivity contribution in [1.82, 2.24) is 10.3 Å². The molecule has 2 aliphatic heterocycles. The highest BCUT2D eigenvalue weighted by Crippen LogP contribution is 2.32. The van der Waals surface area contributed by atoms with E-state index in [1.54, 1.807) is 12.0 Å². The highest BCUT2D eigenvalue weighted by atomic mass is 16.5. The van der Waals surface area contributed by atoms with Crippen molar-refractivity contribution < 1.29 is 14.3 Å². The number of anilines is 2. The molecule has 2 aromatic rings. The van der Waals surface area contributed by atoms with Crippen molar-refractivity contribution in [2.75, 3.05) is 36.5 Å². The van der Waals surface area contributed by atoms with Crippen LogP contribution < -0.4 is 19.9 Å². The number of hydrogen-bond acceptors (Lipinski definition) is 5. The van der Waals surface area contributed by atoms with Gasteiger partial charge in [-0.2, -0.15) is 0 Å². The van der Waals surface area contributed by atoms with E-state index in [0.29, 0.717) is 24.5 Å². The zero-order valence-corrected chi connectivity index (χ0v) is 16.6. The van der Waals surface area contributed by atoms with E-state index in [2.05, 4.69) is 15.2 Å². The lowest BCUT2D eigenvalue weighted by Crippen LogP contribution is -2.32. The summed E-state index contributed by atoms with van der Waals surface area (Å²) in [6, 6.07) is 11.4. The molecular weight excluding hydrogens is 368 g/mol. The van der Waals surface area contributed by atoms with E-state index in [-0.39, 0.29) is 24.2 Å². The van der Waals surface area contributed by atoms with Crippen LogP contribution in [0.3, 0.4) is 0 Å². The number of nitrogens with one attached hydrogen (secondary N) is 1. The maximum absolute atomic E-state index is 12.6. The average molecular weight is 394 g/mol. The molecule has 1 N–H and O–H groups in total. The van der Waals surface area contributed by atoms with Gasteiger partial charge >= 0.3 is 0 Å². The van der Waals surface area contributed by atoms with Crippen molar-refractivity contribution in [3.8, 4) is 5.75 Å². The van der Waals surface area contributed by atoms with Gasteiger partial charge in [-0.05, 0) is 36.6 Å². The second-order valence-corrected chi connectivity index (χ2v) is 7.51. The fourth-order valence-electron chi connectivity index (χ4n) is 3.96. The van der Waals surface area contributed by atoms with Gasteiger partial charge in [0.2, 0.25) is 11.8 Å². The van der Waals surface area contributed by atoms with Gasteiger partial charge in [0.1, 0.15) is 11.6 Å². The zero-order chi connectivity index (χ0) is 20.2. The molecule has 7 heteroatoms. The number of carbonyl (C=O) groups excluding carboxylic acids is 2. The molecule has 2 fully saturated rings. The van der Waals surface area contributed by atoms with Gasteiger partial charge in [0.05, 0.1) is 18.7 Å². The number of carbonyl (C=O) groups is 2. The summed E-state index contributed by atoms with van der Waals surface area (Å²) in [5.74, 6) is 1.08. The summed E-state index contributed by atoms with van der Waals surface area (Å²) >= 11 is 0. The number of para-hydroxylation sites is 2. The third kappa shape index (κ3) is 4.18. The summed E-state index contributed by atoms with van der Waals surface area (Å²) in [4.78, 5) is 33.5. The summed E-state index contributed by atoms with van der Waals surface area (Å²) in [7, 11) is 1.58. The molecule has 29 heavy (non-hydrogen) atoms. The van der Waals surface area contributed by atoms with E-state index in [0.717, 1.165) is 24.5 Å². The quantitative estimate of drug-likeness (QED) is 0.814. The molecular formula is C22H26N4O3. The molecule has 2 saturated heterocycles. The molecule has 3 heterocycles. The molecule has 0 spiro atoms. The third-order valence-electron chi connectivity index (χ3n) is 5.58. The molecule has 4 rings (SSSR count). The Morgan fingerprint density at radius 3 is 2.72 bits per heavy atom. The first-order valence-electron chi connectivity index (χ1n) is 10.1. The van der Waals surface area contributed by atoms with Crippen LogP contribution in [0.1, 0.15) is 24.8 Å². The Hall–Kier alpha value is -3.09. The summed E-state index contributed by atoms with van der Waals surface area (Å²) in [6.07, 6.45) is 4.45. The predicted octanol–water partition coefficient (Wildman–Crippen LogP) is 2.36. The second kappa shape index (κ2) is 8.51. The van der Waals surface area contributed by atoms with E-state index >= 15 is 0 Å². The Balaban J connectivity index is 1.34. The van der Waals surface area contributed by atoms with E-state index in [4.69, 9.17) is 4.74 Å². The molecule has 1 atom stereocenters. The van der Waals surface area contributed by atoms with Crippen molar-refractivity contribution in [3.05, 3.63) is 48.2 Å². The summed E-state index contributed by atoms with van der Waals surface area (Å²) in [6.45, 7) is 2.88. The Morgan fingerprint density at radius 2 is 2.00 bits per heavy atom. The van der Waals surface area contributed by atoms with E-state index in [9.17, 15) is 9.59 Å². The number of amides is 2. The minimum Gasteiger partial charge on any atom is -0.495 e. The van der Waals surface area contributed by atoms with E-state index in [1.165, 1.54) is 12.8 Å². The van der Waals surface area contributed by atoms with Crippen molar-refractivity contribution in [2.24, 2.45) is 5.92 Å². The van der Waals surface area contributed by atoms with Crippen LogP contribution in [-0.4, -0.2) is 43.5 Å². The van der Waals surface area contributed by atoms with Crippen molar-refractivity contribution in [2.45, 2.75) is 25.8 Å². The maximum Gasteiger partial charge on any atom is 0.227 e. The minimum atomic E-state index is -0.371. The highest BCUT2D eigenvalue weighted by Gasteiger charge is 2.36. The van der Waals surface area contributed by atoms with E-state index in [1.807, 2.05) is 42.6 Å². The number of hydrogen-bond donors (Lipinski definition) is 1. The average Bonchev–Trinajstić information content (AvgIpc) is 3.42. The maximum atomic E-state index is 12.6. The van der Waals surface area contributed by atoms with Gasteiger partial charge in [-0.1, -0.05) is 18.2 Å². The number of pyridine rings is 1. The summed E-state index contributed by atoms with van der Waals surface area (Å²) in [5.41, 5.74) is 1.66. The Bertz CT molecular complexity index is 878. The van der Waals surface area contributed by atoms with Gasteiger partial charge in [0.25, 0.3) is 0 Å². The van der Waals surface area contributed by atoms with Gasteiger partial charge in [0.15, 0.2) is 0 Å². The third-order valence-corrected chi connectivity index (χ3v) is 5.58. The molecule has 1 aromatic carbocycles. The summed E-state index contributed by atoms with van der Waals surface area (Å²) < 4.78 is 5.35. The first-order valence-corrected chi connectivity index (χ1v) is 10.1. The molecule has 1 aromatic heterocycles. The predicted molar refractivity (Wildman–Crippen MR) is 111 cm³/mol. The molecule has 0 bridgehead atoms. The van der Waals surface area contributed by atoms with Crippen molar-refractivity contribution in [1.29, 1.82) is 0 Å². The number of aromatic nitrogens is 1. The smallest absolute Gasteiger partial charge is 0.227 e. The first kappa shape index (κ1) is 19.2. The number of nitrogens with zero attached hydrogens (tertiary/aromatic N) is 3. The number of benzene rings is 1. The van der Waals surface area contributed by atoms with Crippen LogP contribution in [0, 0.1) is 5.92 Å². The monoisotopic (exact) mass is 394 g/mol. The molecule has 0 radical (unpaired) electrons. The van der Waals surface area contributed by atoms with Crippen LogP contribution in [0.2, 0.25) is 0 Å². The summed E-state index contributed by atoms with van der Waals surface area (Å²) in [5, 5.41) is 2.95. The Labute approximate surface area is 170 Å². The fraction of sp³-hybridized carbons (Fsp3) is 0.409. The molecule has 152 valence electrons. The van der Waals surface area contributed by atoms with Crippen LogP contribution in [0.25, 0.3) is 0 Å². The lowest BCUT2D eigenvalue weighted by atomic mass is 10.1. The van der Waals surface area contributed by atoms with Crippen molar-refractivity contribution in [3.63, 3.8) is 0 Å². The normalized spacial score (nSPS) is 18.9. The molecule has 2 aliphatic rings. The van der Waals surface area contributed by atoms with Gasteiger partial charge in [-0.25, -0.2) is 4.98 Å². The van der Waals surface area contributed by atoms with Crippen LogP contribution in [0.4, 0.5) is 11.5 Å². The molecule has 2 amide bonds. The highest BCUT2D eigenvalue weighted by molar-refractivity contribution is 6.01. The standard InChI is InChI=1S/C22H26N4O3/c1-29-19-7-3-2-6-18(19)26-15-17(12-21(26)27)22(28)24-14-16-8-9-20(23-13-16)25-10-4-5-11-25/h2-3,6-9,13,17H,4-5,10-12,14-15H2,1H3,(H,24,28). The number of ether oxygens (including phenoxy) is 1.